The van der Waals surface area contributed by atoms with Gasteiger partial charge in [0, 0.05) is 31.4 Å². The highest BCUT2D eigenvalue weighted by Gasteiger charge is 2.14. The monoisotopic (exact) mass is 249 g/mol. The number of hydrogen-bond acceptors (Lipinski definition) is 4. The van der Waals surface area contributed by atoms with Crippen LogP contribution in [-0.2, 0) is 13.6 Å². The van der Waals surface area contributed by atoms with Crippen LogP contribution in [-0.4, -0.2) is 20.9 Å². The Morgan fingerprint density at radius 2 is 2.39 bits per heavy atom. The highest BCUT2D eigenvalue weighted by molar-refractivity contribution is 5.04. The van der Waals surface area contributed by atoms with Crippen LogP contribution in [0, 0.1) is 0 Å². The van der Waals surface area contributed by atoms with Gasteiger partial charge < -0.3 is 14.8 Å². The average Bonchev–Trinajstić information content (AvgIpc) is 2.97. The van der Waals surface area contributed by atoms with Crippen LogP contribution >= 0.6 is 0 Å². The second kappa shape index (κ2) is 5.84. The topological polar surface area (TPSA) is 63.2 Å². The summed E-state index contributed by atoms with van der Waals surface area (Å²) in [6.45, 7) is 2.79. The summed E-state index contributed by atoms with van der Waals surface area (Å²) in [5.41, 5.74) is 1.14. The van der Waals surface area contributed by atoms with E-state index in [2.05, 4.69) is 10.4 Å². The molecule has 0 amide bonds. The molecule has 0 saturated heterocycles. The van der Waals surface area contributed by atoms with Crippen molar-refractivity contribution in [3.05, 3.63) is 42.1 Å². The molecule has 0 unspecified atom stereocenters. The minimum atomic E-state index is -0.559. The molecule has 18 heavy (non-hydrogen) atoms. The van der Waals surface area contributed by atoms with Crippen molar-refractivity contribution >= 4 is 0 Å². The van der Waals surface area contributed by atoms with Gasteiger partial charge in [0.05, 0.1) is 12.5 Å². The molecule has 2 atom stereocenters. The molecule has 2 heterocycles. The molecule has 0 fully saturated rings. The van der Waals surface area contributed by atoms with Crippen LogP contribution in [0.2, 0.25) is 0 Å². The summed E-state index contributed by atoms with van der Waals surface area (Å²) in [4.78, 5) is 0. The molecule has 0 bridgehead atoms. The van der Waals surface area contributed by atoms with Crippen LogP contribution in [0.3, 0.4) is 0 Å². The van der Waals surface area contributed by atoms with E-state index in [1.165, 1.54) is 0 Å². The molecule has 2 aromatic heterocycles. The van der Waals surface area contributed by atoms with E-state index in [-0.39, 0.29) is 6.04 Å². The summed E-state index contributed by atoms with van der Waals surface area (Å²) in [5.74, 6) is 0.616. The van der Waals surface area contributed by atoms with Gasteiger partial charge in [0.15, 0.2) is 0 Å². The average molecular weight is 249 g/mol. The van der Waals surface area contributed by atoms with Crippen molar-refractivity contribution in [1.82, 2.24) is 15.1 Å². The van der Waals surface area contributed by atoms with E-state index >= 15 is 0 Å². The van der Waals surface area contributed by atoms with Crippen molar-refractivity contribution in [1.29, 1.82) is 0 Å². The summed E-state index contributed by atoms with van der Waals surface area (Å²) in [5, 5.41) is 17.4. The van der Waals surface area contributed by atoms with Gasteiger partial charge in [-0.15, -0.1) is 0 Å². The SMILES string of the molecule is C[C@@H](C[C@H](O)c1ccco1)NCc1cnn(C)c1. The minimum Gasteiger partial charge on any atom is -0.467 e. The largest absolute Gasteiger partial charge is 0.467 e. The Kier molecular flexibility index (Phi) is 4.17. The Labute approximate surface area is 106 Å². The van der Waals surface area contributed by atoms with Gasteiger partial charge in [-0.3, -0.25) is 4.68 Å². The van der Waals surface area contributed by atoms with Crippen LogP contribution in [0.15, 0.2) is 35.2 Å². The number of hydrogen-bond donors (Lipinski definition) is 2. The first-order valence-corrected chi connectivity index (χ1v) is 6.07. The van der Waals surface area contributed by atoms with Crippen molar-refractivity contribution in [3.63, 3.8) is 0 Å². The van der Waals surface area contributed by atoms with Crippen LogP contribution in [0.1, 0.15) is 30.8 Å². The zero-order valence-corrected chi connectivity index (χ0v) is 10.7. The number of furan rings is 1. The maximum Gasteiger partial charge on any atom is 0.132 e. The van der Waals surface area contributed by atoms with E-state index in [4.69, 9.17) is 4.42 Å². The fourth-order valence-electron chi connectivity index (χ4n) is 1.87. The Balaban J connectivity index is 1.76. The first-order chi connectivity index (χ1) is 8.65. The number of aliphatic hydroxyl groups is 1. The van der Waals surface area contributed by atoms with Crippen molar-refractivity contribution < 1.29 is 9.52 Å². The standard InChI is InChI=1S/C13H19N3O2/c1-10(6-12(17)13-4-3-5-18-13)14-7-11-8-15-16(2)9-11/h3-5,8-10,12,14,17H,6-7H2,1-2H3/t10-,12-/m0/s1. The third-order valence-corrected chi connectivity index (χ3v) is 2.86. The van der Waals surface area contributed by atoms with Crippen molar-refractivity contribution in [3.8, 4) is 0 Å². The number of aromatic nitrogens is 2. The van der Waals surface area contributed by atoms with E-state index in [9.17, 15) is 5.11 Å². The van der Waals surface area contributed by atoms with Gasteiger partial charge in [-0.2, -0.15) is 5.10 Å². The zero-order chi connectivity index (χ0) is 13.0. The number of rotatable bonds is 6. The van der Waals surface area contributed by atoms with Gasteiger partial charge in [0.1, 0.15) is 11.9 Å². The molecule has 0 aliphatic carbocycles. The molecule has 0 radical (unpaired) electrons. The predicted octanol–water partition coefficient (Wildman–Crippen LogP) is 1.61. The van der Waals surface area contributed by atoms with Gasteiger partial charge in [-0.05, 0) is 25.5 Å². The Morgan fingerprint density at radius 1 is 1.56 bits per heavy atom. The molecule has 5 nitrogen and oxygen atoms in total. The van der Waals surface area contributed by atoms with Crippen LogP contribution in [0.5, 0.6) is 0 Å². The van der Waals surface area contributed by atoms with E-state index in [1.807, 2.05) is 26.4 Å². The number of aryl methyl sites for hydroxylation is 1. The van der Waals surface area contributed by atoms with Crippen molar-refractivity contribution in [2.24, 2.45) is 7.05 Å². The van der Waals surface area contributed by atoms with Gasteiger partial charge >= 0.3 is 0 Å². The number of nitrogens with zero attached hydrogens (tertiary/aromatic N) is 2. The fourth-order valence-corrected chi connectivity index (χ4v) is 1.87. The second-order valence-electron chi connectivity index (χ2n) is 4.57. The first kappa shape index (κ1) is 12.9. The number of aliphatic hydroxyl groups excluding tert-OH is 1. The molecule has 0 saturated carbocycles. The fraction of sp³-hybridized carbons (Fsp3) is 0.462. The summed E-state index contributed by atoms with van der Waals surface area (Å²) in [7, 11) is 1.90. The molecular weight excluding hydrogens is 230 g/mol. The van der Waals surface area contributed by atoms with E-state index in [1.54, 1.807) is 23.1 Å². The smallest absolute Gasteiger partial charge is 0.132 e. The van der Waals surface area contributed by atoms with E-state index in [0.717, 1.165) is 12.1 Å². The number of nitrogens with one attached hydrogen (secondary N) is 1. The molecular formula is C13H19N3O2. The summed E-state index contributed by atoms with van der Waals surface area (Å²) in [6, 6.07) is 3.77. The van der Waals surface area contributed by atoms with Gasteiger partial charge in [0.2, 0.25) is 0 Å². The van der Waals surface area contributed by atoms with Crippen molar-refractivity contribution in [2.75, 3.05) is 0 Å². The van der Waals surface area contributed by atoms with Crippen LogP contribution in [0.25, 0.3) is 0 Å². The third kappa shape index (κ3) is 3.45. The maximum atomic E-state index is 9.93. The van der Waals surface area contributed by atoms with Crippen LogP contribution < -0.4 is 5.32 Å². The summed E-state index contributed by atoms with van der Waals surface area (Å²) < 4.78 is 6.95. The van der Waals surface area contributed by atoms with Crippen LogP contribution in [0.4, 0.5) is 0 Å². The Hall–Kier alpha value is -1.59. The minimum absolute atomic E-state index is 0.199. The molecule has 0 aromatic carbocycles. The molecule has 2 N–H and O–H groups in total. The molecule has 2 aromatic rings. The van der Waals surface area contributed by atoms with Gasteiger partial charge in [-0.25, -0.2) is 0 Å². The highest BCUT2D eigenvalue weighted by atomic mass is 16.4. The lowest BCUT2D eigenvalue weighted by atomic mass is 10.1. The van der Waals surface area contributed by atoms with Gasteiger partial charge in [0.25, 0.3) is 0 Å². The Bertz CT molecular complexity index is 464. The van der Waals surface area contributed by atoms with E-state index in [0.29, 0.717) is 12.2 Å². The summed E-state index contributed by atoms with van der Waals surface area (Å²) >= 11 is 0. The maximum absolute atomic E-state index is 9.93. The second-order valence-corrected chi connectivity index (χ2v) is 4.57. The van der Waals surface area contributed by atoms with Gasteiger partial charge in [-0.1, -0.05) is 0 Å². The highest BCUT2D eigenvalue weighted by Crippen LogP contribution is 2.18. The quantitative estimate of drug-likeness (QED) is 0.816. The normalized spacial score (nSPS) is 14.6. The molecule has 0 aliphatic heterocycles. The molecule has 0 aliphatic rings. The lowest BCUT2D eigenvalue weighted by molar-refractivity contribution is 0.128. The zero-order valence-electron chi connectivity index (χ0n) is 10.7. The first-order valence-electron chi connectivity index (χ1n) is 6.07. The molecule has 98 valence electrons. The lowest BCUT2D eigenvalue weighted by Gasteiger charge is -2.16. The van der Waals surface area contributed by atoms with Crippen molar-refractivity contribution in [2.45, 2.75) is 32.0 Å². The summed E-state index contributed by atoms with van der Waals surface area (Å²) in [6.07, 6.45) is 5.45. The molecule has 2 rings (SSSR count). The Morgan fingerprint density at radius 3 is 3.00 bits per heavy atom. The van der Waals surface area contributed by atoms with E-state index < -0.39 is 6.10 Å². The molecule has 5 heteroatoms. The third-order valence-electron chi connectivity index (χ3n) is 2.86. The lowest BCUT2D eigenvalue weighted by Crippen LogP contribution is -2.27. The predicted molar refractivity (Wildman–Crippen MR) is 67.8 cm³/mol. The molecule has 0 spiro atoms.